The lowest BCUT2D eigenvalue weighted by molar-refractivity contribution is -0.136. The van der Waals surface area contributed by atoms with Crippen molar-refractivity contribution in [3.05, 3.63) is 52.5 Å². The van der Waals surface area contributed by atoms with Gasteiger partial charge in [0.15, 0.2) is 0 Å². The second-order valence-electron chi connectivity index (χ2n) is 5.63. The molecule has 0 saturated heterocycles. The van der Waals surface area contributed by atoms with Gasteiger partial charge in [-0.15, -0.1) is 0 Å². The number of rotatable bonds is 5. The summed E-state index contributed by atoms with van der Waals surface area (Å²) < 4.78 is 5.43. The van der Waals surface area contributed by atoms with Crippen LogP contribution in [0.2, 0.25) is 5.02 Å². The summed E-state index contributed by atoms with van der Waals surface area (Å²) >= 11 is 6.14. The topological polar surface area (TPSA) is 62.3 Å². The van der Waals surface area contributed by atoms with E-state index in [1.54, 1.807) is 25.3 Å². The van der Waals surface area contributed by atoms with Crippen molar-refractivity contribution in [3.63, 3.8) is 0 Å². The van der Waals surface area contributed by atoms with Crippen LogP contribution in [0.3, 0.4) is 0 Å². The highest BCUT2D eigenvalue weighted by atomic mass is 35.5. The monoisotopic (exact) mass is 343 g/mol. The molecular formula is C19H18ClNO3. The van der Waals surface area contributed by atoms with Gasteiger partial charge in [-0.2, -0.15) is 0 Å². The lowest BCUT2D eigenvalue weighted by Crippen LogP contribution is -2.01. The van der Waals surface area contributed by atoms with E-state index < -0.39 is 5.97 Å². The predicted molar refractivity (Wildman–Crippen MR) is 96.0 cm³/mol. The van der Waals surface area contributed by atoms with Gasteiger partial charge in [0.1, 0.15) is 5.75 Å². The number of H-pyrrole nitrogens is 1. The van der Waals surface area contributed by atoms with E-state index in [0.29, 0.717) is 10.8 Å². The molecule has 0 saturated carbocycles. The van der Waals surface area contributed by atoms with Gasteiger partial charge in [-0.1, -0.05) is 24.6 Å². The summed E-state index contributed by atoms with van der Waals surface area (Å²) in [5, 5.41) is 10.8. The molecule has 24 heavy (non-hydrogen) atoms. The van der Waals surface area contributed by atoms with E-state index >= 15 is 0 Å². The fraction of sp³-hybridized carbons (Fsp3) is 0.211. The largest absolute Gasteiger partial charge is 0.496 e. The highest BCUT2D eigenvalue weighted by Gasteiger charge is 2.19. The first-order chi connectivity index (χ1) is 11.5. The molecule has 2 aromatic carbocycles. The number of hydrogen-bond donors (Lipinski definition) is 2. The standard InChI is InChI=1S/C19H18ClNO3/c1-3-11-4-6-16-13(8-11)14(10-18(22)23)19(21-16)15-9-12(20)5-7-17(15)24-2/h4-9,21H,3,10H2,1-2H3,(H,22,23). The molecule has 0 amide bonds. The number of carboxylic acids is 1. The van der Waals surface area contributed by atoms with E-state index in [2.05, 4.69) is 11.9 Å². The van der Waals surface area contributed by atoms with Gasteiger partial charge in [0.2, 0.25) is 0 Å². The number of methoxy groups -OCH3 is 1. The summed E-state index contributed by atoms with van der Waals surface area (Å²) in [5.41, 5.74) is 4.31. The van der Waals surface area contributed by atoms with Crippen molar-refractivity contribution in [1.82, 2.24) is 4.98 Å². The zero-order chi connectivity index (χ0) is 17.3. The molecule has 0 radical (unpaired) electrons. The van der Waals surface area contributed by atoms with Crippen molar-refractivity contribution in [2.24, 2.45) is 0 Å². The molecule has 0 spiro atoms. The van der Waals surface area contributed by atoms with Crippen molar-refractivity contribution >= 4 is 28.5 Å². The SMILES string of the molecule is CCc1ccc2[nH]c(-c3cc(Cl)ccc3OC)c(CC(=O)O)c2c1. The van der Waals surface area contributed by atoms with E-state index in [4.69, 9.17) is 16.3 Å². The van der Waals surface area contributed by atoms with Crippen molar-refractivity contribution in [1.29, 1.82) is 0 Å². The molecule has 4 nitrogen and oxygen atoms in total. The third-order valence-corrected chi connectivity index (χ3v) is 4.37. The van der Waals surface area contributed by atoms with Gasteiger partial charge in [-0.05, 0) is 47.9 Å². The molecule has 3 rings (SSSR count). The second kappa shape index (κ2) is 6.57. The molecule has 1 heterocycles. The third kappa shape index (κ3) is 2.97. The number of fused-ring (bicyclic) bond motifs is 1. The first-order valence-corrected chi connectivity index (χ1v) is 8.10. The maximum atomic E-state index is 11.4. The zero-order valence-corrected chi connectivity index (χ0v) is 14.3. The minimum atomic E-state index is -0.875. The van der Waals surface area contributed by atoms with Crippen LogP contribution in [0.1, 0.15) is 18.1 Å². The fourth-order valence-corrected chi connectivity index (χ4v) is 3.13. The predicted octanol–water partition coefficient (Wildman–Crippen LogP) is 4.69. The first-order valence-electron chi connectivity index (χ1n) is 7.72. The number of hydrogen-bond acceptors (Lipinski definition) is 2. The zero-order valence-electron chi connectivity index (χ0n) is 13.5. The summed E-state index contributed by atoms with van der Waals surface area (Å²) in [6.07, 6.45) is 0.821. The molecule has 124 valence electrons. The normalized spacial score (nSPS) is 11.0. The lowest BCUT2D eigenvalue weighted by Gasteiger charge is -2.09. The second-order valence-corrected chi connectivity index (χ2v) is 6.06. The number of carboxylic acid groups (broad SMARTS) is 1. The summed E-state index contributed by atoms with van der Waals surface area (Å²) in [7, 11) is 1.58. The Balaban J connectivity index is 2.31. The number of aliphatic carboxylic acids is 1. The Morgan fingerprint density at radius 1 is 1.25 bits per heavy atom. The van der Waals surface area contributed by atoms with Gasteiger partial charge >= 0.3 is 5.97 Å². The lowest BCUT2D eigenvalue weighted by atomic mass is 10.0. The third-order valence-electron chi connectivity index (χ3n) is 4.14. The van der Waals surface area contributed by atoms with Crippen molar-refractivity contribution in [2.45, 2.75) is 19.8 Å². The van der Waals surface area contributed by atoms with Crippen LogP contribution in [0.15, 0.2) is 36.4 Å². The van der Waals surface area contributed by atoms with Crippen molar-refractivity contribution < 1.29 is 14.6 Å². The van der Waals surface area contributed by atoms with Crippen molar-refractivity contribution in [3.8, 4) is 17.0 Å². The number of aromatic nitrogens is 1. The highest BCUT2D eigenvalue weighted by molar-refractivity contribution is 6.31. The molecular weight excluding hydrogens is 326 g/mol. The molecule has 0 fully saturated rings. The Kier molecular flexibility index (Phi) is 4.49. The molecule has 3 aromatic rings. The van der Waals surface area contributed by atoms with Crippen LogP contribution < -0.4 is 4.74 Å². The molecule has 0 aliphatic heterocycles. The van der Waals surface area contributed by atoms with Gasteiger partial charge in [0, 0.05) is 21.5 Å². The summed E-state index contributed by atoms with van der Waals surface area (Å²) in [6.45, 7) is 2.07. The van der Waals surface area contributed by atoms with Gasteiger partial charge < -0.3 is 14.8 Å². The molecule has 1 aromatic heterocycles. The van der Waals surface area contributed by atoms with Crippen LogP contribution in [0.25, 0.3) is 22.2 Å². The van der Waals surface area contributed by atoms with E-state index in [9.17, 15) is 9.90 Å². The molecule has 0 aliphatic carbocycles. The highest BCUT2D eigenvalue weighted by Crippen LogP contribution is 2.37. The van der Waals surface area contributed by atoms with E-state index in [1.807, 2.05) is 18.2 Å². The number of aryl methyl sites for hydroxylation is 1. The minimum Gasteiger partial charge on any atom is -0.496 e. The van der Waals surface area contributed by atoms with Crippen LogP contribution in [0.4, 0.5) is 0 Å². The van der Waals surface area contributed by atoms with Crippen LogP contribution in [0, 0.1) is 0 Å². The maximum absolute atomic E-state index is 11.4. The Morgan fingerprint density at radius 2 is 2.04 bits per heavy atom. The molecule has 0 aliphatic rings. The molecule has 5 heteroatoms. The van der Waals surface area contributed by atoms with Gasteiger partial charge in [0.05, 0.1) is 19.2 Å². The first kappa shape index (κ1) is 16.4. The number of halogens is 1. The fourth-order valence-electron chi connectivity index (χ4n) is 2.96. The van der Waals surface area contributed by atoms with Gasteiger partial charge in [-0.25, -0.2) is 0 Å². The van der Waals surface area contributed by atoms with Gasteiger partial charge in [-0.3, -0.25) is 4.79 Å². The van der Waals surface area contributed by atoms with E-state index in [0.717, 1.165) is 39.7 Å². The number of aromatic amines is 1. The number of nitrogens with one attached hydrogen (secondary N) is 1. The van der Waals surface area contributed by atoms with Crippen LogP contribution in [0.5, 0.6) is 5.75 Å². The maximum Gasteiger partial charge on any atom is 0.307 e. The van der Waals surface area contributed by atoms with E-state index in [1.165, 1.54) is 0 Å². The average molecular weight is 344 g/mol. The number of carbonyl (C=O) groups is 1. The summed E-state index contributed by atoms with van der Waals surface area (Å²) in [4.78, 5) is 14.7. The van der Waals surface area contributed by atoms with Gasteiger partial charge in [0.25, 0.3) is 0 Å². The smallest absolute Gasteiger partial charge is 0.307 e. The van der Waals surface area contributed by atoms with Crippen LogP contribution in [-0.4, -0.2) is 23.2 Å². The molecule has 0 atom stereocenters. The summed E-state index contributed by atoms with van der Waals surface area (Å²) in [6, 6.07) is 11.4. The Bertz CT molecular complexity index is 914. The number of benzene rings is 2. The van der Waals surface area contributed by atoms with E-state index in [-0.39, 0.29) is 6.42 Å². The average Bonchev–Trinajstić information content (AvgIpc) is 2.91. The van der Waals surface area contributed by atoms with Crippen LogP contribution >= 0.6 is 11.6 Å². The minimum absolute atomic E-state index is 0.0713. The Hall–Kier alpha value is -2.46. The van der Waals surface area contributed by atoms with Crippen molar-refractivity contribution in [2.75, 3.05) is 7.11 Å². The quantitative estimate of drug-likeness (QED) is 0.706. The van der Waals surface area contributed by atoms with Crippen LogP contribution in [-0.2, 0) is 17.6 Å². The molecule has 2 N–H and O–H groups in total. The Labute approximate surface area is 145 Å². The molecule has 0 unspecified atom stereocenters. The Morgan fingerprint density at radius 3 is 2.71 bits per heavy atom. The number of ether oxygens (including phenoxy) is 1. The molecule has 0 bridgehead atoms. The summed E-state index contributed by atoms with van der Waals surface area (Å²) in [5.74, 6) is -0.228.